The highest BCUT2D eigenvalue weighted by molar-refractivity contribution is 5.78. The average molecular weight is 213 g/mol. The van der Waals surface area contributed by atoms with Crippen molar-refractivity contribution in [2.75, 3.05) is 26.8 Å². The molecule has 0 unspecified atom stereocenters. The SMILES string of the molecule is COCCC1CCN(C(=O)C(C)C)CC1. The van der Waals surface area contributed by atoms with Crippen LogP contribution in [0.15, 0.2) is 0 Å². The van der Waals surface area contributed by atoms with Gasteiger partial charge in [-0.2, -0.15) is 0 Å². The molecule has 0 spiro atoms. The molecule has 0 aromatic rings. The van der Waals surface area contributed by atoms with Crippen molar-refractivity contribution in [1.82, 2.24) is 4.90 Å². The van der Waals surface area contributed by atoms with E-state index in [1.54, 1.807) is 7.11 Å². The van der Waals surface area contributed by atoms with E-state index in [0.29, 0.717) is 5.91 Å². The number of amides is 1. The Balaban J connectivity index is 2.26. The van der Waals surface area contributed by atoms with Gasteiger partial charge in [-0.05, 0) is 25.2 Å². The van der Waals surface area contributed by atoms with Gasteiger partial charge in [0.15, 0.2) is 0 Å². The molecule has 0 bridgehead atoms. The molecule has 1 rings (SSSR count). The standard InChI is InChI=1S/C12H23NO2/c1-10(2)12(14)13-7-4-11(5-8-13)6-9-15-3/h10-11H,4-9H2,1-3H3. The lowest BCUT2D eigenvalue weighted by molar-refractivity contribution is -0.135. The van der Waals surface area contributed by atoms with Gasteiger partial charge in [-0.15, -0.1) is 0 Å². The topological polar surface area (TPSA) is 29.5 Å². The van der Waals surface area contributed by atoms with E-state index in [0.717, 1.165) is 44.9 Å². The van der Waals surface area contributed by atoms with Crippen LogP contribution in [0.4, 0.5) is 0 Å². The maximum absolute atomic E-state index is 11.7. The lowest BCUT2D eigenvalue weighted by Gasteiger charge is -2.33. The molecule has 1 amide bonds. The zero-order valence-corrected chi connectivity index (χ0v) is 10.2. The van der Waals surface area contributed by atoms with Gasteiger partial charge in [-0.1, -0.05) is 13.8 Å². The van der Waals surface area contributed by atoms with E-state index in [9.17, 15) is 4.79 Å². The molecule has 0 aliphatic carbocycles. The van der Waals surface area contributed by atoms with Crippen LogP contribution >= 0.6 is 0 Å². The highest BCUT2D eigenvalue weighted by Gasteiger charge is 2.23. The first-order valence-electron chi connectivity index (χ1n) is 5.93. The van der Waals surface area contributed by atoms with E-state index in [-0.39, 0.29) is 5.92 Å². The van der Waals surface area contributed by atoms with Crippen molar-refractivity contribution >= 4 is 5.91 Å². The fourth-order valence-corrected chi connectivity index (χ4v) is 2.09. The molecule has 0 atom stereocenters. The van der Waals surface area contributed by atoms with E-state index in [4.69, 9.17) is 4.74 Å². The zero-order chi connectivity index (χ0) is 11.3. The molecule has 0 radical (unpaired) electrons. The predicted octanol–water partition coefficient (Wildman–Crippen LogP) is 1.92. The first-order chi connectivity index (χ1) is 7.15. The van der Waals surface area contributed by atoms with Crippen LogP contribution < -0.4 is 0 Å². The smallest absolute Gasteiger partial charge is 0.225 e. The summed E-state index contributed by atoms with van der Waals surface area (Å²) in [5.41, 5.74) is 0. The number of hydrogen-bond acceptors (Lipinski definition) is 2. The average Bonchev–Trinajstić information content (AvgIpc) is 2.26. The summed E-state index contributed by atoms with van der Waals surface area (Å²) in [5.74, 6) is 1.20. The highest BCUT2D eigenvalue weighted by Crippen LogP contribution is 2.21. The first-order valence-corrected chi connectivity index (χ1v) is 5.93. The molecule has 15 heavy (non-hydrogen) atoms. The predicted molar refractivity (Wildman–Crippen MR) is 60.6 cm³/mol. The van der Waals surface area contributed by atoms with Gasteiger partial charge < -0.3 is 9.64 Å². The highest BCUT2D eigenvalue weighted by atomic mass is 16.5. The summed E-state index contributed by atoms with van der Waals surface area (Å²) in [4.78, 5) is 13.7. The summed E-state index contributed by atoms with van der Waals surface area (Å²) >= 11 is 0. The van der Waals surface area contributed by atoms with Crippen molar-refractivity contribution in [1.29, 1.82) is 0 Å². The minimum absolute atomic E-state index is 0.139. The van der Waals surface area contributed by atoms with E-state index >= 15 is 0 Å². The fourth-order valence-electron chi connectivity index (χ4n) is 2.09. The Morgan fingerprint density at radius 2 is 2.00 bits per heavy atom. The van der Waals surface area contributed by atoms with Crippen molar-refractivity contribution in [3.05, 3.63) is 0 Å². The molecule has 1 heterocycles. The number of carbonyl (C=O) groups excluding carboxylic acids is 1. The lowest BCUT2D eigenvalue weighted by atomic mass is 9.93. The molecule has 0 N–H and O–H groups in total. The number of rotatable bonds is 4. The number of carbonyl (C=O) groups is 1. The maximum atomic E-state index is 11.7. The molecule has 3 heteroatoms. The van der Waals surface area contributed by atoms with Gasteiger partial charge in [0.1, 0.15) is 0 Å². The molecular weight excluding hydrogens is 190 g/mol. The van der Waals surface area contributed by atoms with Gasteiger partial charge in [0.05, 0.1) is 0 Å². The van der Waals surface area contributed by atoms with E-state index in [2.05, 4.69) is 0 Å². The first kappa shape index (κ1) is 12.5. The van der Waals surface area contributed by atoms with Crippen LogP contribution in [-0.4, -0.2) is 37.6 Å². The number of nitrogens with zero attached hydrogens (tertiary/aromatic N) is 1. The molecule has 3 nitrogen and oxygen atoms in total. The number of piperidine rings is 1. The summed E-state index contributed by atoms with van der Waals surface area (Å²) in [6, 6.07) is 0. The van der Waals surface area contributed by atoms with E-state index in [1.165, 1.54) is 0 Å². The monoisotopic (exact) mass is 213 g/mol. The molecule has 1 aliphatic heterocycles. The Morgan fingerprint density at radius 1 is 1.40 bits per heavy atom. The molecule has 1 saturated heterocycles. The second kappa shape index (κ2) is 6.11. The third-order valence-corrected chi connectivity index (χ3v) is 3.15. The molecule has 1 fully saturated rings. The van der Waals surface area contributed by atoms with E-state index < -0.39 is 0 Å². The van der Waals surface area contributed by atoms with Crippen molar-refractivity contribution < 1.29 is 9.53 Å². The number of ether oxygens (including phenoxy) is 1. The zero-order valence-electron chi connectivity index (χ0n) is 10.2. The summed E-state index contributed by atoms with van der Waals surface area (Å²) in [7, 11) is 1.75. The normalized spacial score (nSPS) is 18.5. The van der Waals surface area contributed by atoms with Gasteiger partial charge in [0, 0.05) is 32.7 Å². The summed E-state index contributed by atoms with van der Waals surface area (Å²) in [6.45, 7) is 6.66. The second-order valence-electron chi connectivity index (χ2n) is 4.70. The van der Waals surface area contributed by atoms with Crippen molar-refractivity contribution in [2.45, 2.75) is 33.1 Å². The van der Waals surface area contributed by atoms with Crippen LogP contribution in [0.2, 0.25) is 0 Å². The summed E-state index contributed by atoms with van der Waals surface area (Å²) in [5, 5.41) is 0. The number of likely N-dealkylation sites (tertiary alicyclic amines) is 1. The molecule has 0 aromatic heterocycles. The lowest BCUT2D eigenvalue weighted by Crippen LogP contribution is -2.40. The molecule has 0 aromatic carbocycles. The molecule has 88 valence electrons. The van der Waals surface area contributed by atoms with Crippen molar-refractivity contribution in [3.8, 4) is 0 Å². The van der Waals surface area contributed by atoms with Crippen molar-refractivity contribution in [3.63, 3.8) is 0 Å². The van der Waals surface area contributed by atoms with Crippen LogP contribution in [0.1, 0.15) is 33.1 Å². The molecule has 1 aliphatic rings. The van der Waals surface area contributed by atoms with Gasteiger partial charge in [0.2, 0.25) is 5.91 Å². The van der Waals surface area contributed by atoms with Crippen LogP contribution in [-0.2, 0) is 9.53 Å². The third kappa shape index (κ3) is 3.82. The van der Waals surface area contributed by atoms with E-state index in [1.807, 2.05) is 18.7 Å². The Labute approximate surface area is 92.8 Å². The Bertz CT molecular complexity index is 196. The van der Waals surface area contributed by atoms with Gasteiger partial charge in [-0.25, -0.2) is 0 Å². The molecular formula is C12H23NO2. The van der Waals surface area contributed by atoms with Crippen LogP contribution in [0.5, 0.6) is 0 Å². The van der Waals surface area contributed by atoms with Gasteiger partial charge in [-0.3, -0.25) is 4.79 Å². The largest absolute Gasteiger partial charge is 0.385 e. The maximum Gasteiger partial charge on any atom is 0.225 e. The quantitative estimate of drug-likeness (QED) is 0.714. The third-order valence-electron chi connectivity index (χ3n) is 3.15. The Morgan fingerprint density at radius 3 is 2.47 bits per heavy atom. The fraction of sp³-hybridized carbons (Fsp3) is 0.917. The second-order valence-corrected chi connectivity index (χ2v) is 4.70. The van der Waals surface area contributed by atoms with Crippen LogP contribution in [0.25, 0.3) is 0 Å². The summed E-state index contributed by atoms with van der Waals surface area (Å²) in [6.07, 6.45) is 3.42. The Hall–Kier alpha value is -0.570. The number of methoxy groups -OCH3 is 1. The molecule has 0 saturated carbocycles. The van der Waals surface area contributed by atoms with Crippen molar-refractivity contribution in [2.24, 2.45) is 11.8 Å². The van der Waals surface area contributed by atoms with Crippen LogP contribution in [0.3, 0.4) is 0 Å². The summed E-state index contributed by atoms with van der Waals surface area (Å²) < 4.78 is 5.08. The Kier molecular flexibility index (Phi) is 5.09. The van der Waals surface area contributed by atoms with Gasteiger partial charge in [0.25, 0.3) is 0 Å². The van der Waals surface area contributed by atoms with Crippen LogP contribution in [0, 0.1) is 11.8 Å². The minimum atomic E-state index is 0.139. The number of hydrogen-bond donors (Lipinski definition) is 0. The minimum Gasteiger partial charge on any atom is -0.385 e. The van der Waals surface area contributed by atoms with Gasteiger partial charge >= 0.3 is 0 Å².